The first-order valence-corrected chi connectivity index (χ1v) is 9.68. The van der Waals surface area contributed by atoms with Gasteiger partial charge < -0.3 is 15.0 Å². The molecule has 1 aromatic rings. The number of likely N-dealkylation sites (tertiary alicyclic amines) is 1. The van der Waals surface area contributed by atoms with Crippen molar-refractivity contribution in [1.82, 2.24) is 15.1 Å². The third kappa shape index (κ3) is 5.15. The number of nitrogens with zero attached hydrogens (tertiary/aromatic N) is 2. The molecule has 0 unspecified atom stereocenters. The quantitative estimate of drug-likeness (QED) is 0.801. The highest BCUT2D eigenvalue weighted by molar-refractivity contribution is 5.85. The van der Waals surface area contributed by atoms with Crippen LogP contribution in [0, 0.1) is 11.8 Å². The number of rotatable bonds is 5. The summed E-state index contributed by atoms with van der Waals surface area (Å²) in [4.78, 5) is 17.5. The Morgan fingerprint density at radius 1 is 1.11 bits per heavy atom. The Morgan fingerprint density at radius 2 is 1.85 bits per heavy atom. The second kappa shape index (κ2) is 10.6. The summed E-state index contributed by atoms with van der Waals surface area (Å²) in [6, 6.07) is 10.8. The molecule has 0 radical (unpaired) electrons. The largest absolute Gasteiger partial charge is 0.379 e. The molecule has 0 saturated carbocycles. The summed E-state index contributed by atoms with van der Waals surface area (Å²) in [6.07, 6.45) is 1.61. The number of halogens is 2. The molecule has 27 heavy (non-hydrogen) atoms. The minimum absolute atomic E-state index is 0. The maximum absolute atomic E-state index is 13.0. The number of amides is 1. The first-order valence-electron chi connectivity index (χ1n) is 9.68. The van der Waals surface area contributed by atoms with E-state index in [0.29, 0.717) is 24.2 Å². The summed E-state index contributed by atoms with van der Waals surface area (Å²) < 4.78 is 5.39. The van der Waals surface area contributed by atoms with Gasteiger partial charge in [0.05, 0.1) is 19.3 Å². The van der Waals surface area contributed by atoms with Gasteiger partial charge >= 0.3 is 0 Å². The highest BCUT2D eigenvalue weighted by Crippen LogP contribution is 2.42. The van der Waals surface area contributed by atoms with E-state index in [0.717, 1.165) is 58.9 Å². The first kappa shape index (κ1) is 22.4. The van der Waals surface area contributed by atoms with E-state index in [9.17, 15) is 4.79 Å². The predicted octanol–water partition coefficient (Wildman–Crippen LogP) is 2.36. The lowest BCUT2D eigenvalue weighted by molar-refractivity contribution is -0.132. The summed E-state index contributed by atoms with van der Waals surface area (Å²) in [7, 11) is 0. The number of carbonyl (C=O) groups is 1. The van der Waals surface area contributed by atoms with Gasteiger partial charge in [-0.15, -0.1) is 24.8 Å². The van der Waals surface area contributed by atoms with Crippen molar-refractivity contribution in [1.29, 1.82) is 0 Å². The molecule has 1 aromatic carbocycles. The van der Waals surface area contributed by atoms with Gasteiger partial charge in [0.15, 0.2) is 0 Å². The third-order valence-electron chi connectivity index (χ3n) is 5.99. The average molecular weight is 416 g/mol. The van der Waals surface area contributed by atoms with Gasteiger partial charge in [0.1, 0.15) is 0 Å². The van der Waals surface area contributed by atoms with Crippen molar-refractivity contribution in [3.05, 3.63) is 35.9 Å². The Balaban J connectivity index is 0.00000131. The zero-order valence-electron chi connectivity index (χ0n) is 15.7. The molecule has 3 heterocycles. The van der Waals surface area contributed by atoms with E-state index in [1.165, 1.54) is 5.56 Å². The lowest BCUT2D eigenvalue weighted by atomic mass is 9.89. The van der Waals surface area contributed by atoms with Crippen molar-refractivity contribution in [3.63, 3.8) is 0 Å². The molecule has 3 fully saturated rings. The van der Waals surface area contributed by atoms with Crippen LogP contribution in [0.4, 0.5) is 0 Å². The Morgan fingerprint density at radius 3 is 2.59 bits per heavy atom. The molecule has 0 aliphatic carbocycles. The highest BCUT2D eigenvalue weighted by atomic mass is 35.5. The van der Waals surface area contributed by atoms with Crippen LogP contribution in [-0.4, -0.2) is 68.2 Å². The van der Waals surface area contributed by atoms with E-state index in [4.69, 9.17) is 4.74 Å². The molecule has 3 aliphatic heterocycles. The molecular weight excluding hydrogens is 385 g/mol. The summed E-state index contributed by atoms with van der Waals surface area (Å²) in [5, 5.41) is 3.51. The van der Waals surface area contributed by atoms with Crippen molar-refractivity contribution in [3.8, 4) is 0 Å². The van der Waals surface area contributed by atoms with Crippen LogP contribution in [0.3, 0.4) is 0 Å². The molecule has 3 aliphatic rings. The Bertz CT molecular complexity index is 584. The van der Waals surface area contributed by atoms with Gasteiger partial charge in [0, 0.05) is 45.1 Å². The van der Waals surface area contributed by atoms with Gasteiger partial charge in [-0.3, -0.25) is 9.69 Å². The van der Waals surface area contributed by atoms with Gasteiger partial charge in [0.25, 0.3) is 0 Å². The molecule has 0 aromatic heterocycles. The highest BCUT2D eigenvalue weighted by Gasteiger charge is 2.46. The number of fused-ring (bicyclic) bond motifs is 1. The minimum atomic E-state index is 0. The van der Waals surface area contributed by atoms with E-state index < -0.39 is 0 Å². The predicted molar refractivity (Wildman–Crippen MR) is 112 cm³/mol. The fourth-order valence-corrected chi connectivity index (χ4v) is 4.68. The van der Waals surface area contributed by atoms with Crippen LogP contribution in [0.25, 0.3) is 0 Å². The van der Waals surface area contributed by atoms with Crippen LogP contribution < -0.4 is 5.32 Å². The van der Waals surface area contributed by atoms with Crippen LogP contribution in [-0.2, 0) is 9.53 Å². The van der Waals surface area contributed by atoms with Gasteiger partial charge in [-0.2, -0.15) is 0 Å². The summed E-state index contributed by atoms with van der Waals surface area (Å²) in [5.74, 6) is 1.50. The van der Waals surface area contributed by atoms with Crippen molar-refractivity contribution in [2.45, 2.75) is 18.9 Å². The monoisotopic (exact) mass is 415 g/mol. The van der Waals surface area contributed by atoms with Crippen molar-refractivity contribution < 1.29 is 9.53 Å². The van der Waals surface area contributed by atoms with Crippen LogP contribution in [0.5, 0.6) is 0 Å². The Kier molecular flexibility index (Phi) is 8.83. The molecule has 3 saturated heterocycles. The maximum Gasteiger partial charge on any atom is 0.223 e. The number of hydrogen-bond acceptors (Lipinski definition) is 4. The SMILES string of the molecule is Cl.Cl.O=C(CCCN1CCOCC1)N1C[C@@H]2CNC[C@@H]2[C@H]1c1ccccc1. The van der Waals surface area contributed by atoms with Crippen LogP contribution in [0.1, 0.15) is 24.4 Å². The molecule has 1 N–H and O–H groups in total. The molecule has 0 spiro atoms. The molecule has 4 rings (SSSR count). The Labute approximate surface area is 174 Å². The first-order chi connectivity index (χ1) is 12.3. The number of carbonyl (C=O) groups excluding carboxylic acids is 1. The van der Waals surface area contributed by atoms with Gasteiger partial charge in [-0.05, 0) is 24.4 Å². The van der Waals surface area contributed by atoms with Crippen molar-refractivity contribution in [2.24, 2.45) is 11.8 Å². The van der Waals surface area contributed by atoms with Gasteiger partial charge in [0.2, 0.25) is 5.91 Å². The van der Waals surface area contributed by atoms with Gasteiger partial charge in [-0.25, -0.2) is 0 Å². The third-order valence-corrected chi connectivity index (χ3v) is 5.99. The minimum Gasteiger partial charge on any atom is -0.379 e. The van der Waals surface area contributed by atoms with E-state index in [2.05, 4.69) is 45.4 Å². The lowest BCUT2D eigenvalue weighted by Gasteiger charge is -2.29. The normalized spacial score (nSPS) is 27.6. The number of benzene rings is 1. The van der Waals surface area contributed by atoms with E-state index in [-0.39, 0.29) is 30.9 Å². The molecule has 5 nitrogen and oxygen atoms in total. The Hall–Kier alpha value is -0.850. The zero-order valence-corrected chi connectivity index (χ0v) is 17.4. The standard InChI is InChI=1S/C20H29N3O2.2ClH/c24-19(7-4-8-22-9-11-25-12-10-22)23-15-17-13-21-14-18(17)20(23)16-5-2-1-3-6-16;;/h1-3,5-6,17-18,20-21H,4,7-15H2;2*1H/t17-,18-,20+;;/m0../s1. The second-order valence-electron chi connectivity index (χ2n) is 7.54. The molecular formula is C20H31Cl2N3O2. The van der Waals surface area contributed by atoms with Crippen molar-refractivity contribution in [2.75, 3.05) is 52.5 Å². The fraction of sp³-hybridized carbons (Fsp3) is 0.650. The van der Waals surface area contributed by atoms with Crippen LogP contribution in [0.2, 0.25) is 0 Å². The van der Waals surface area contributed by atoms with E-state index in [1.54, 1.807) is 0 Å². The smallest absolute Gasteiger partial charge is 0.223 e. The average Bonchev–Trinajstić information content (AvgIpc) is 3.24. The maximum atomic E-state index is 13.0. The van der Waals surface area contributed by atoms with E-state index >= 15 is 0 Å². The van der Waals surface area contributed by atoms with Gasteiger partial charge in [-0.1, -0.05) is 30.3 Å². The molecule has 152 valence electrons. The summed E-state index contributed by atoms with van der Waals surface area (Å²) in [6.45, 7) is 7.65. The zero-order chi connectivity index (χ0) is 17.1. The summed E-state index contributed by atoms with van der Waals surface area (Å²) in [5.41, 5.74) is 1.29. The van der Waals surface area contributed by atoms with E-state index in [1.807, 2.05) is 0 Å². The number of ether oxygens (including phenoxy) is 1. The second-order valence-corrected chi connectivity index (χ2v) is 7.54. The molecule has 3 atom stereocenters. The number of nitrogens with one attached hydrogen (secondary N) is 1. The topological polar surface area (TPSA) is 44.8 Å². The fourth-order valence-electron chi connectivity index (χ4n) is 4.68. The summed E-state index contributed by atoms with van der Waals surface area (Å²) >= 11 is 0. The molecule has 7 heteroatoms. The molecule has 1 amide bonds. The lowest BCUT2D eigenvalue weighted by Crippen LogP contribution is -2.38. The number of morpholine rings is 1. The van der Waals surface area contributed by atoms with Crippen molar-refractivity contribution >= 4 is 30.7 Å². The molecule has 0 bridgehead atoms. The van der Waals surface area contributed by atoms with Crippen LogP contribution in [0.15, 0.2) is 30.3 Å². The van der Waals surface area contributed by atoms with Crippen LogP contribution >= 0.6 is 24.8 Å². The number of hydrogen-bond donors (Lipinski definition) is 1.